The highest BCUT2D eigenvalue weighted by atomic mass is 28.3. The Kier molecular flexibility index (Phi) is 9.47. The number of hydrogen-bond acceptors (Lipinski definition) is 2. The van der Waals surface area contributed by atoms with Crippen molar-refractivity contribution >= 4 is 98.6 Å². The van der Waals surface area contributed by atoms with Gasteiger partial charge in [0.15, 0.2) is 0 Å². The van der Waals surface area contributed by atoms with Crippen molar-refractivity contribution in [2.45, 2.75) is 84.7 Å². The summed E-state index contributed by atoms with van der Waals surface area (Å²) < 4.78 is 2.72. The van der Waals surface area contributed by atoms with Crippen LogP contribution in [0.5, 0.6) is 0 Å². The van der Waals surface area contributed by atoms with E-state index in [0.717, 1.165) is 5.69 Å². The molecule has 0 fully saturated rings. The Bertz CT molecular complexity index is 3510. The van der Waals surface area contributed by atoms with Gasteiger partial charge in [0.1, 0.15) is 0 Å². The molecule has 0 unspecified atom stereocenters. The van der Waals surface area contributed by atoms with Gasteiger partial charge in [0.2, 0.25) is 0 Å². The first-order chi connectivity index (χ1) is 31.4. The second-order valence-electron chi connectivity index (χ2n) is 22.3. The third kappa shape index (κ3) is 6.41. The maximum Gasteiger partial charge on any atom is 0.0803 e. The predicted molar refractivity (Wildman–Crippen MR) is 293 cm³/mol. The zero-order valence-corrected chi connectivity index (χ0v) is 42.5. The molecule has 3 nitrogen and oxygen atoms in total. The van der Waals surface area contributed by atoms with Gasteiger partial charge in [-0.3, -0.25) is 0 Å². The summed E-state index contributed by atoms with van der Waals surface area (Å²) >= 11 is 0. The second-order valence-corrected chi connectivity index (χ2v) is 32.4. The van der Waals surface area contributed by atoms with Crippen LogP contribution in [-0.4, -0.2) is 20.5 Å². The molecule has 8 aromatic carbocycles. The van der Waals surface area contributed by atoms with Gasteiger partial charge in [-0.2, -0.15) is 0 Å². The highest BCUT2D eigenvalue weighted by Gasteiger charge is 2.43. The van der Waals surface area contributed by atoms with Crippen molar-refractivity contribution in [3.8, 4) is 11.1 Å². The zero-order valence-electron chi connectivity index (χ0n) is 40.5. The number of nitrogens with zero attached hydrogens (tertiary/aromatic N) is 3. The van der Waals surface area contributed by atoms with E-state index in [4.69, 9.17) is 0 Å². The topological polar surface area (TPSA) is 10.9 Å². The minimum absolute atomic E-state index is 0.00433. The predicted octanol–water partition coefficient (Wildman–Crippen LogP) is 16.5. The minimum Gasteiger partial charge on any atom is -0.311 e. The number of anilines is 6. The van der Waals surface area contributed by atoms with Crippen molar-refractivity contribution in [1.29, 1.82) is 0 Å². The van der Waals surface area contributed by atoms with E-state index in [9.17, 15) is 0 Å². The first-order valence-electron chi connectivity index (χ1n) is 23.8. The summed E-state index contributed by atoms with van der Waals surface area (Å²) in [5.41, 5.74) is 16.4. The molecule has 328 valence electrons. The smallest absolute Gasteiger partial charge is 0.0803 e. The quantitative estimate of drug-likeness (QED) is 0.141. The van der Waals surface area contributed by atoms with Gasteiger partial charge in [0, 0.05) is 66.7 Å². The molecule has 2 heterocycles. The molecule has 0 spiro atoms. The molecular formula is C61H61N3Si2. The lowest BCUT2D eigenvalue weighted by Gasteiger charge is -2.32. The van der Waals surface area contributed by atoms with Gasteiger partial charge in [0.25, 0.3) is 0 Å². The lowest BCUT2D eigenvalue weighted by molar-refractivity contribution is 0.588. The van der Waals surface area contributed by atoms with Crippen LogP contribution >= 0.6 is 0 Å². The first kappa shape index (κ1) is 42.2. The van der Waals surface area contributed by atoms with E-state index in [-0.39, 0.29) is 10.8 Å². The van der Waals surface area contributed by atoms with E-state index >= 15 is 0 Å². The SMILES string of the molecule is CC(C)(C)c1ccc2c(c1)-c1c(n3c4c1c(N(c1ccccc1)c1ccccc1[Si](C)(C)C)ccc4c1ccc4ccc(N(c5ccccc5)c5ccccc5[Si](C)(C)C)cc4c13)C2(C)C. The molecule has 5 heteroatoms. The molecule has 0 N–H and O–H groups in total. The number of para-hydroxylation sites is 4. The molecule has 0 amide bonds. The van der Waals surface area contributed by atoms with Gasteiger partial charge in [0.05, 0.1) is 32.9 Å². The molecular weight excluding hydrogens is 831 g/mol. The summed E-state index contributed by atoms with van der Waals surface area (Å²) in [7, 11) is -3.55. The average Bonchev–Trinajstić information content (AvgIpc) is 3.90. The van der Waals surface area contributed by atoms with Crippen molar-refractivity contribution in [3.63, 3.8) is 0 Å². The van der Waals surface area contributed by atoms with Crippen LogP contribution in [-0.2, 0) is 10.8 Å². The Morgan fingerprint density at radius 3 is 1.61 bits per heavy atom. The van der Waals surface area contributed by atoms with Crippen molar-refractivity contribution in [3.05, 3.63) is 187 Å². The van der Waals surface area contributed by atoms with Gasteiger partial charge < -0.3 is 14.2 Å². The van der Waals surface area contributed by atoms with Crippen molar-refractivity contribution in [1.82, 2.24) is 4.40 Å². The Morgan fingerprint density at radius 1 is 0.470 bits per heavy atom. The fraction of sp³-hybridized carbons (Fsp3) is 0.213. The van der Waals surface area contributed by atoms with E-state index in [1.807, 2.05) is 0 Å². The molecule has 2 aromatic heterocycles. The molecule has 1 aliphatic carbocycles. The highest BCUT2D eigenvalue weighted by Crippen LogP contribution is 2.59. The highest BCUT2D eigenvalue weighted by molar-refractivity contribution is 6.90. The van der Waals surface area contributed by atoms with Gasteiger partial charge in [-0.15, -0.1) is 0 Å². The lowest BCUT2D eigenvalue weighted by Crippen LogP contribution is -2.40. The number of aromatic nitrogens is 1. The molecule has 0 radical (unpaired) electrons. The fourth-order valence-electron chi connectivity index (χ4n) is 11.3. The Morgan fingerprint density at radius 2 is 1.00 bits per heavy atom. The van der Waals surface area contributed by atoms with Crippen LogP contribution in [0.3, 0.4) is 0 Å². The number of fused-ring (bicyclic) bond motifs is 10. The molecule has 0 saturated carbocycles. The summed E-state index contributed by atoms with van der Waals surface area (Å²) in [5, 5.41) is 9.32. The van der Waals surface area contributed by atoms with E-state index in [2.05, 4.69) is 258 Å². The zero-order chi connectivity index (χ0) is 46.1. The van der Waals surface area contributed by atoms with Crippen LogP contribution in [0, 0.1) is 0 Å². The van der Waals surface area contributed by atoms with Crippen LogP contribution in [0.25, 0.3) is 49.1 Å². The fourth-order valence-corrected chi connectivity index (χ4v) is 14.4. The Labute approximate surface area is 393 Å². The van der Waals surface area contributed by atoms with Gasteiger partial charge in [-0.1, -0.05) is 189 Å². The van der Waals surface area contributed by atoms with Crippen molar-refractivity contribution in [2.75, 3.05) is 9.80 Å². The Hall–Kier alpha value is -6.41. The summed E-state index contributed by atoms with van der Waals surface area (Å²) in [6, 6.07) is 64.5. The van der Waals surface area contributed by atoms with Crippen LogP contribution in [0.1, 0.15) is 51.4 Å². The Balaban J connectivity index is 1.30. The van der Waals surface area contributed by atoms with Crippen molar-refractivity contribution < 1.29 is 0 Å². The summed E-state index contributed by atoms with van der Waals surface area (Å²) in [6.07, 6.45) is 0. The standard InChI is InChI=1S/C61H61N3Si2/c1-60(2,3)41-32-36-49-48(38-41)55-56-52(63(43-24-16-13-17-25-43)51-27-19-21-29-54(51)66(9,10)11)37-35-46-45-34-31-40-30-33-44(39-47(40)57(45)64(58(46)56)59(55)61(49,4)5)62(42-22-14-12-15-23-42)50-26-18-20-28-53(50)65(6,7)8/h12-39H,1-11H3. The summed E-state index contributed by atoms with van der Waals surface area (Å²) in [6.45, 7) is 26.7. The monoisotopic (exact) mass is 891 g/mol. The van der Waals surface area contributed by atoms with Gasteiger partial charge >= 0.3 is 0 Å². The summed E-state index contributed by atoms with van der Waals surface area (Å²) in [4.78, 5) is 5.09. The van der Waals surface area contributed by atoms with E-state index in [0.29, 0.717) is 0 Å². The number of hydrogen-bond donors (Lipinski definition) is 0. The van der Waals surface area contributed by atoms with Crippen LogP contribution in [0.15, 0.2) is 170 Å². The maximum atomic E-state index is 2.72. The van der Waals surface area contributed by atoms with Gasteiger partial charge in [-0.25, -0.2) is 0 Å². The van der Waals surface area contributed by atoms with Crippen LogP contribution in [0.2, 0.25) is 39.3 Å². The molecule has 10 aromatic rings. The molecule has 1 aliphatic rings. The largest absolute Gasteiger partial charge is 0.311 e. The van der Waals surface area contributed by atoms with Crippen LogP contribution in [0.4, 0.5) is 34.1 Å². The average molecular weight is 892 g/mol. The second kappa shape index (κ2) is 14.8. The normalized spacial score (nSPS) is 13.8. The van der Waals surface area contributed by atoms with E-state index in [1.54, 1.807) is 0 Å². The maximum absolute atomic E-state index is 2.72. The van der Waals surface area contributed by atoms with E-state index in [1.165, 1.54) is 105 Å². The molecule has 11 rings (SSSR count). The third-order valence-electron chi connectivity index (χ3n) is 14.4. The minimum atomic E-state index is -1.81. The van der Waals surface area contributed by atoms with Crippen molar-refractivity contribution in [2.24, 2.45) is 0 Å². The third-order valence-corrected chi connectivity index (χ3v) is 18.5. The molecule has 0 bridgehead atoms. The van der Waals surface area contributed by atoms with Gasteiger partial charge in [-0.05, 0) is 92.5 Å². The van der Waals surface area contributed by atoms with Crippen LogP contribution < -0.4 is 20.2 Å². The summed E-state index contributed by atoms with van der Waals surface area (Å²) in [5.74, 6) is 0. The number of rotatable bonds is 8. The molecule has 66 heavy (non-hydrogen) atoms. The molecule has 0 aliphatic heterocycles. The van der Waals surface area contributed by atoms with E-state index < -0.39 is 16.1 Å². The molecule has 0 saturated heterocycles. The molecule has 0 atom stereocenters. The lowest BCUT2D eigenvalue weighted by atomic mass is 9.81. The first-order valence-corrected chi connectivity index (χ1v) is 30.8. The number of benzene rings is 8.